The van der Waals surface area contributed by atoms with E-state index >= 15 is 0 Å². The largest absolute Gasteiger partial charge is 0.508 e. The molecule has 0 unspecified atom stereocenters. The first-order valence-electron chi connectivity index (χ1n) is 13.7. The summed E-state index contributed by atoms with van der Waals surface area (Å²) in [5.41, 5.74) is 1.41. The van der Waals surface area contributed by atoms with Crippen LogP contribution < -0.4 is 9.80 Å². The Morgan fingerprint density at radius 1 is 0.841 bits per heavy atom. The Labute approximate surface area is 279 Å². The van der Waals surface area contributed by atoms with Crippen molar-refractivity contribution >= 4 is 92.4 Å². The summed E-state index contributed by atoms with van der Waals surface area (Å²) < 4.78 is 14.7. The molecule has 224 valence electrons. The fourth-order valence-corrected chi connectivity index (χ4v) is 8.91. The second-order valence-electron chi connectivity index (χ2n) is 11.4. The summed E-state index contributed by atoms with van der Waals surface area (Å²) in [4.78, 5) is 54.3. The molecule has 12 heteroatoms. The molecule has 2 aliphatic heterocycles. The highest BCUT2D eigenvalue weighted by atomic mass is 127. The third-order valence-corrected chi connectivity index (χ3v) is 11.7. The molecule has 0 bridgehead atoms. The number of aromatic hydroxyl groups is 1. The zero-order valence-electron chi connectivity index (χ0n) is 22.5. The molecule has 0 spiro atoms. The molecular weight excluding hydrogens is 745 g/mol. The molecule has 0 aromatic heterocycles. The SMILES string of the molecule is O=C1[C@H]2[C@H](CC=C3[C@H]2C[C@@]2(Cl)C(=O)N(c4ccc(F)cc4)C(=O)[C@@]2(Cl)[C@H]3c2ccc(O)cc2Cl)C(=O)N1c1ccc(I)cc1. The van der Waals surface area contributed by atoms with E-state index in [-0.39, 0.29) is 35.2 Å². The predicted molar refractivity (Wildman–Crippen MR) is 171 cm³/mol. The zero-order valence-corrected chi connectivity index (χ0v) is 26.9. The van der Waals surface area contributed by atoms with E-state index in [0.29, 0.717) is 16.8 Å². The number of phenols is 1. The molecule has 7 rings (SSSR count). The Morgan fingerprint density at radius 2 is 1.48 bits per heavy atom. The van der Waals surface area contributed by atoms with Gasteiger partial charge in [-0.05, 0) is 108 Å². The van der Waals surface area contributed by atoms with Crippen molar-refractivity contribution in [3.63, 3.8) is 0 Å². The summed E-state index contributed by atoms with van der Waals surface area (Å²) in [6.07, 6.45) is 1.79. The maximum atomic E-state index is 14.4. The molecule has 3 aromatic rings. The van der Waals surface area contributed by atoms with Crippen LogP contribution in [0.15, 0.2) is 78.4 Å². The molecule has 1 saturated carbocycles. The summed E-state index contributed by atoms with van der Waals surface area (Å²) in [7, 11) is 0. The van der Waals surface area contributed by atoms with Gasteiger partial charge in [0.15, 0.2) is 9.75 Å². The number of imide groups is 2. The maximum absolute atomic E-state index is 14.4. The van der Waals surface area contributed by atoms with Crippen LogP contribution in [0.4, 0.5) is 15.8 Å². The van der Waals surface area contributed by atoms with Crippen LogP contribution in [0.3, 0.4) is 0 Å². The van der Waals surface area contributed by atoms with Crippen LogP contribution in [0.2, 0.25) is 5.02 Å². The topological polar surface area (TPSA) is 95.0 Å². The number of halogens is 5. The lowest BCUT2D eigenvalue weighted by atomic mass is 9.56. The number of phenolic OH excluding ortho intramolecular Hbond substituents is 1. The Kier molecular flexibility index (Phi) is 6.93. The molecule has 4 amide bonds. The van der Waals surface area contributed by atoms with Crippen LogP contribution in [-0.4, -0.2) is 38.5 Å². The fourth-order valence-electron chi connectivity index (χ4n) is 7.34. The van der Waals surface area contributed by atoms with Crippen molar-refractivity contribution in [1.29, 1.82) is 0 Å². The summed E-state index contributed by atoms with van der Waals surface area (Å²) in [6, 6.07) is 16.0. The lowest BCUT2D eigenvalue weighted by Crippen LogP contribution is -2.60. The Balaban J connectivity index is 1.40. The number of rotatable bonds is 3. The number of fused-ring (bicyclic) bond motifs is 4. The van der Waals surface area contributed by atoms with Gasteiger partial charge in [-0.25, -0.2) is 9.29 Å². The van der Waals surface area contributed by atoms with Crippen LogP contribution in [0.25, 0.3) is 0 Å². The van der Waals surface area contributed by atoms with Gasteiger partial charge in [0.05, 0.1) is 23.2 Å². The van der Waals surface area contributed by atoms with Crippen LogP contribution in [0.5, 0.6) is 5.75 Å². The van der Waals surface area contributed by atoms with Crippen LogP contribution >= 0.6 is 57.4 Å². The summed E-state index contributed by atoms with van der Waals surface area (Å²) >= 11 is 23.4. The van der Waals surface area contributed by atoms with Gasteiger partial charge in [0.2, 0.25) is 11.8 Å². The number of amides is 4. The van der Waals surface area contributed by atoms with Crippen molar-refractivity contribution in [2.24, 2.45) is 17.8 Å². The summed E-state index contributed by atoms with van der Waals surface area (Å²) in [5, 5.41) is 10.2. The van der Waals surface area contributed by atoms with Crippen LogP contribution in [0, 0.1) is 27.1 Å². The average Bonchev–Trinajstić information content (AvgIpc) is 3.33. The van der Waals surface area contributed by atoms with Crippen LogP contribution in [-0.2, 0) is 19.2 Å². The molecule has 0 radical (unpaired) electrons. The normalized spacial score (nSPS) is 31.2. The van der Waals surface area contributed by atoms with Gasteiger partial charge in [0.1, 0.15) is 11.6 Å². The van der Waals surface area contributed by atoms with Crippen molar-refractivity contribution in [2.45, 2.75) is 28.5 Å². The van der Waals surface area contributed by atoms with Gasteiger partial charge in [-0.15, -0.1) is 23.2 Å². The lowest BCUT2D eigenvalue weighted by molar-refractivity contribution is -0.125. The number of anilines is 2. The lowest BCUT2D eigenvalue weighted by Gasteiger charge is -2.50. The van der Waals surface area contributed by atoms with Gasteiger partial charge in [0.25, 0.3) is 11.8 Å². The van der Waals surface area contributed by atoms with Crippen molar-refractivity contribution in [3.8, 4) is 5.75 Å². The number of carbonyl (C=O) groups is 4. The maximum Gasteiger partial charge on any atom is 0.258 e. The smallest absolute Gasteiger partial charge is 0.258 e. The van der Waals surface area contributed by atoms with Gasteiger partial charge in [0, 0.05) is 14.5 Å². The predicted octanol–water partition coefficient (Wildman–Crippen LogP) is 6.56. The molecule has 6 atom stereocenters. The first kappa shape index (κ1) is 29.7. The number of carbonyl (C=O) groups excluding carboxylic acids is 4. The molecule has 7 nitrogen and oxygen atoms in total. The third-order valence-electron chi connectivity index (χ3n) is 9.28. The Hall–Kier alpha value is -2.99. The minimum Gasteiger partial charge on any atom is -0.508 e. The molecule has 2 heterocycles. The molecule has 3 aromatic carbocycles. The van der Waals surface area contributed by atoms with E-state index < -0.39 is 57.0 Å². The fraction of sp³-hybridized carbons (Fsp3) is 0.250. The number of hydrogen-bond donors (Lipinski definition) is 1. The van der Waals surface area contributed by atoms with Gasteiger partial charge in [-0.2, -0.15) is 0 Å². The Morgan fingerprint density at radius 3 is 2.14 bits per heavy atom. The number of benzene rings is 3. The molecule has 2 saturated heterocycles. The van der Waals surface area contributed by atoms with E-state index in [0.717, 1.165) is 20.6 Å². The monoisotopic (exact) mass is 764 g/mol. The summed E-state index contributed by atoms with van der Waals surface area (Å²) in [5.74, 6) is -6.57. The van der Waals surface area contributed by atoms with E-state index in [4.69, 9.17) is 34.8 Å². The number of hydrogen-bond acceptors (Lipinski definition) is 5. The average molecular weight is 766 g/mol. The molecule has 44 heavy (non-hydrogen) atoms. The number of alkyl halides is 2. The highest BCUT2D eigenvalue weighted by Crippen LogP contribution is 2.66. The first-order chi connectivity index (χ1) is 20.9. The third kappa shape index (κ3) is 3.98. The molecule has 1 N–H and O–H groups in total. The van der Waals surface area contributed by atoms with Crippen molar-refractivity contribution < 1.29 is 28.7 Å². The van der Waals surface area contributed by atoms with E-state index in [1.165, 1.54) is 35.2 Å². The van der Waals surface area contributed by atoms with E-state index in [1.54, 1.807) is 30.3 Å². The first-order valence-corrected chi connectivity index (χ1v) is 15.9. The minimum absolute atomic E-state index is 0.0764. The standard InChI is InChI=1S/C32H21Cl3FIN2O5/c33-24-13-19(40)9-10-21(24)26-20-11-12-22-25(28(42)38(27(22)41)17-7-3-16(37)4-8-17)23(20)14-31(34)29(43)39(30(44)32(26,31)35)18-5-1-15(36)2-6-18/h1-11,13,22-23,25-26,40H,12,14H2/t22-,23+,25-,26+,31+,32-/m0/s1. The van der Waals surface area contributed by atoms with Crippen molar-refractivity contribution in [2.75, 3.05) is 9.80 Å². The summed E-state index contributed by atoms with van der Waals surface area (Å²) in [6.45, 7) is 0. The Bertz CT molecular complexity index is 1820. The van der Waals surface area contributed by atoms with E-state index in [1.807, 2.05) is 0 Å². The van der Waals surface area contributed by atoms with Crippen LogP contribution in [0.1, 0.15) is 24.3 Å². The number of nitrogens with zero attached hydrogens (tertiary/aromatic N) is 2. The number of allylic oxidation sites excluding steroid dienone is 2. The quantitative estimate of drug-likeness (QED) is 0.141. The van der Waals surface area contributed by atoms with Gasteiger partial charge in [-0.1, -0.05) is 29.3 Å². The molecule has 2 aliphatic carbocycles. The van der Waals surface area contributed by atoms with Crippen molar-refractivity contribution in [1.82, 2.24) is 0 Å². The van der Waals surface area contributed by atoms with E-state index in [9.17, 15) is 28.7 Å². The molecule has 4 aliphatic rings. The van der Waals surface area contributed by atoms with E-state index in [2.05, 4.69) is 22.6 Å². The molecule has 3 fully saturated rings. The minimum atomic E-state index is -2.11. The second-order valence-corrected chi connectivity index (χ2v) is 14.3. The van der Waals surface area contributed by atoms with Gasteiger partial charge < -0.3 is 5.11 Å². The van der Waals surface area contributed by atoms with Gasteiger partial charge in [-0.3, -0.25) is 24.1 Å². The zero-order chi connectivity index (χ0) is 31.3. The highest BCUT2D eigenvalue weighted by molar-refractivity contribution is 14.1. The molecular formula is C32H21Cl3FIN2O5. The highest BCUT2D eigenvalue weighted by Gasteiger charge is 2.76. The van der Waals surface area contributed by atoms with Gasteiger partial charge >= 0.3 is 0 Å². The van der Waals surface area contributed by atoms with Crippen molar-refractivity contribution in [3.05, 3.63) is 98.4 Å². The second kappa shape index (κ2) is 10.3.